The molecule has 1 aromatic carbocycles. The Morgan fingerprint density at radius 3 is 2.59 bits per heavy atom. The molecule has 0 bridgehead atoms. The molecule has 0 spiro atoms. The lowest BCUT2D eigenvalue weighted by molar-refractivity contribution is -0.120. The molecule has 0 aliphatic heterocycles. The topological polar surface area (TPSA) is 84.2 Å². The van der Waals surface area contributed by atoms with E-state index in [4.69, 9.17) is 5.73 Å². The fourth-order valence-corrected chi connectivity index (χ4v) is 2.95. The summed E-state index contributed by atoms with van der Waals surface area (Å²) in [5.74, 6) is 0.0786. The Labute approximate surface area is 137 Å². The van der Waals surface area contributed by atoms with Crippen molar-refractivity contribution < 1.29 is 9.59 Å². The molecule has 1 saturated carbocycles. The van der Waals surface area contributed by atoms with Crippen LogP contribution in [-0.2, 0) is 9.59 Å². The van der Waals surface area contributed by atoms with Crippen molar-refractivity contribution in [3.63, 3.8) is 0 Å². The van der Waals surface area contributed by atoms with Crippen molar-refractivity contribution >= 4 is 35.6 Å². The smallest absolute Gasteiger partial charge is 0.227 e. The largest absolute Gasteiger partial charge is 0.330 e. The summed E-state index contributed by atoms with van der Waals surface area (Å²) in [5.41, 5.74) is 8.05. The van der Waals surface area contributed by atoms with E-state index in [9.17, 15) is 9.59 Å². The number of halogens is 1. The van der Waals surface area contributed by atoms with Crippen molar-refractivity contribution in [1.82, 2.24) is 0 Å². The van der Waals surface area contributed by atoms with Gasteiger partial charge in [0.05, 0.1) is 11.4 Å². The van der Waals surface area contributed by atoms with Crippen molar-refractivity contribution in [3.05, 3.63) is 23.8 Å². The molecule has 5 nitrogen and oxygen atoms in total. The molecule has 0 heterocycles. The van der Waals surface area contributed by atoms with E-state index in [-0.39, 0.29) is 36.1 Å². The fraction of sp³-hybridized carbons (Fsp3) is 0.500. The predicted molar refractivity (Wildman–Crippen MR) is 91.2 cm³/mol. The molecule has 122 valence electrons. The molecule has 1 aromatic rings. The molecule has 1 fully saturated rings. The van der Waals surface area contributed by atoms with Crippen LogP contribution in [0.2, 0.25) is 0 Å². The van der Waals surface area contributed by atoms with E-state index >= 15 is 0 Å². The highest BCUT2D eigenvalue weighted by Gasteiger charge is 2.32. The van der Waals surface area contributed by atoms with Crippen LogP contribution >= 0.6 is 12.4 Å². The summed E-state index contributed by atoms with van der Waals surface area (Å²) in [5, 5.41) is 5.70. The summed E-state index contributed by atoms with van der Waals surface area (Å²) in [6.07, 6.45) is 2.95. The van der Waals surface area contributed by atoms with Crippen molar-refractivity contribution in [2.45, 2.75) is 33.1 Å². The van der Waals surface area contributed by atoms with Gasteiger partial charge in [-0.05, 0) is 49.9 Å². The lowest BCUT2D eigenvalue weighted by Crippen LogP contribution is -2.30. The summed E-state index contributed by atoms with van der Waals surface area (Å²) < 4.78 is 0. The maximum atomic E-state index is 12.5. The highest BCUT2D eigenvalue weighted by atomic mass is 35.5. The van der Waals surface area contributed by atoms with Gasteiger partial charge in [0.25, 0.3) is 0 Å². The van der Waals surface area contributed by atoms with Crippen molar-refractivity contribution in [1.29, 1.82) is 0 Å². The first-order valence-electron chi connectivity index (χ1n) is 7.40. The van der Waals surface area contributed by atoms with Crippen LogP contribution in [-0.4, -0.2) is 18.4 Å². The van der Waals surface area contributed by atoms with E-state index in [1.807, 2.05) is 19.1 Å². The zero-order chi connectivity index (χ0) is 15.4. The second kappa shape index (κ2) is 8.15. The Morgan fingerprint density at radius 2 is 1.95 bits per heavy atom. The Hall–Kier alpha value is -1.59. The third kappa shape index (κ3) is 4.45. The van der Waals surface area contributed by atoms with Crippen LogP contribution in [0.3, 0.4) is 0 Å². The number of amides is 2. The van der Waals surface area contributed by atoms with Gasteiger partial charge in [0, 0.05) is 12.8 Å². The fourth-order valence-electron chi connectivity index (χ4n) is 2.95. The third-order valence-corrected chi connectivity index (χ3v) is 4.04. The maximum absolute atomic E-state index is 12.5. The summed E-state index contributed by atoms with van der Waals surface area (Å²) in [7, 11) is 0. The van der Waals surface area contributed by atoms with Gasteiger partial charge < -0.3 is 16.4 Å². The maximum Gasteiger partial charge on any atom is 0.227 e. The van der Waals surface area contributed by atoms with E-state index in [0.29, 0.717) is 17.9 Å². The monoisotopic (exact) mass is 325 g/mol. The highest BCUT2D eigenvalue weighted by Crippen LogP contribution is 2.33. The van der Waals surface area contributed by atoms with Crippen LogP contribution in [0.25, 0.3) is 0 Å². The third-order valence-electron chi connectivity index (χ3n) is 4.04. The van der Waals surface area contributed by atoms with E-state index in [2.05, 4.69) is 10.6 Å². The predicted octanol–water partition coefficient (Wildman–Crippen LogP) is 2.69. The average molecular weight is 326 g/mol. The molecule has 0 unspecified atom stereocenters. The van der Waals surface area contributed by atoms with Crippen molar-refractivity contribution in [2.75, 3.05) is 17.2 Å². The van der Waals surface area contributed by atoms with Gasteiger partial charge in [-0.1, -0.05) is 12.5 Å². The Morgan fingerprint density at radius 1 is 1.23 bits per heavy atom. The Balaban J connectivity index is 0.00000242. The number of anilines is 2. The molecular formula is C16H24ClN3O2. The van der Waals surface area contributed by atoms with E-state index in [0.717, 1.165) is 24.8 Å². The first-order chi connectivity index (χ1) is 10.0. The number of hydrogen-bond acceptors (Lipinski definition) is 3. The van der Waals surface area contributed by atoms with Crippen LogP contribution in [0.4, 0.5) is 11.4 Å². The number of benzene rings is 1. The number of carbonyl (C=O) groups is 2. The standard InChI is InChI=1S/C16H23N3O2.ClH/c1-10-6-7-14(18-11(2)20)15(8-10)19-16(21)13-5-3-4-12(13)9-17;/h6-8,12-13H,3-5,9,17H2,1-2H3,(H,18,20)(H,19,21);1H/t12-,13-;/m1./s1. The van der Waals surface area contributed by atoms with Crippen LogP contribution in [0.15, 0.2) is 18.2 Å². The van der Waals surface area contributed by atoms with Gasteiger partial charge in [-0.15, -0.1) is 12.4 Å². The molecule has 22 heavy (non-hydrogen) atoms. The van der Waals surface area contributed by atoms with Gasteiger partial charge >= 0.3 is 0 Å². The van der Waals surface area contributed by atoms with Crippen LogP contribution < -0.4 is 16.4 Å². The molecule has 4 N–H and O–H groups in total. The van der Waals surface area contributed by atoms with E-state index < -0.39 is 0 Å². The zero-order valence-corrected chi connectivity index (χ0v) is 13.8. The Bertz CT molecular complexity index is 548. The molecule has 1 aliphatic rings. The molecule has 2 amide bonds. The van der Waals surface area contributed by atoms with Crippen LogP contribution in [0, 0.1) is 18.8 Å². The summed E-state index contributed by atoms with van der Waals surface area (Å²) in [6.45, 7) is 3.95. The molecular weight excluding hydrogens is 302 g/mol. The molecule has 2 atom stereocenters. The highest BCUT2D eigenvalue weighted by molar-refractivity contribution is 6.00. The summed E-state index contributed by atoms with van der Waals surface area (Å²) >= 11 is 0. The Kier molecular flexibility index (Phi) is 6.84. The molecule has 6 heteroatoms. The van der Waals surface area contributed by atoms with Gasteiger partial charge in [-0.3, -0.25) is 9.59 Å². The number of carbonyl (C=O) groups excluding carboxylic acids is 2. The second-order valence-corrected chi connectivity index (χ2v) is 5.75. The number of nitrogens with two attached hydrogens (primary N) is 1. The van der Waals surface area contributed by atoms with Gasteiger partial charge in [0.1, 0.15) is 0 Å². The summed E-state index contributed by atoms with van der Waals surface area (Å²) in [6, 6.07) is 5.58. The van der Waals surface area contributed by atoms with Gasteiger partial charge in [-0.25, -0.2) is 0 Å². The summed E-state index contributed by atoms with van der Waals surface area (Å²) in [4.78, 5) is 23.7. The molecule has 2 rings (SSSR count). The second-order valence-electron chi connectivity index (χ2n) is 5.75. The minimum atomic E-state index is -0.157. The van der Waals surface area contributed by atoms with Gasteiger partial charge in [0.2, 0.25) is 11.8 Å². The average Bonchev–Trinajstić information content (AvgIpc) is 2.90. The number of aryl methyl sites for hydroxylation is 1. The first-order valence-corrected chi connectivity index (χ1v) is 7.40. The number of nitrogens with one attached hydrogen (secondary N) is 2. The van der Waals surface area contributed by atoms with E-state index in [1.54, 1.807) is 6.07 Å². The lowest BCUT2D eigenvalue weighted by atomic mass is 9.95. The quantitative estimate of drug-likeness (QED) is 0.795. The minimum Gasteiger partial charge on any atom is -0.330 e. The van der Waals surface area contributed by atoms with Crippen molar-refractivity contribution in [2.24, 2.45) is 17.6 Å². The van der Waals surface area contributed by atoms with Crippen LogP contribution in [0.5, 0.6) is 0 Å². The lowest BCUT2D eigenvalue weighted by Gasteiger charge is -2.19. The first kappa shape index (κ1) is 18.5. The normalized spacial score (nSPS) is 20.1. The molecule has 0 aromatic heterocycles. The van der Waals surface area contributed by atoms with Gasteiger partial charge in [0.15, 0.2) is 0 Å². The molecule has 1 aliphatic carbocycles. The van der Waals surface area contributed by atoms with E-state index in [1.165, 1.54) is 6.92 Å². The minimum absolute atomic E-state index is 0. The van der Waals surface area contributed by atoms with Crippen LogP contribution in [0.1, 0.15) is 31.7 Å². The van der Waals surface area contributed by atoms with Gasteiger partial charge in [-0.2, -0.15) is 0 Å². The number of hydrogen-bond donors (Lipinski definition) is 3. The SMILES string of the molecule is CC(=O)Nc1ccc(C)cc1NC(=O)[C@@H]1CCC[C@@H]1CN.Cl. The number of rotatable bonds is 4. The molecule has 0 radical (unpaired) electrons. The molecule has 0 saturated heterocycles. The van der Waals surface area contributed by atoms with Crippen molar-refractivity contribution in [3.8, 4) is 0 Å². The zero-order valence-electron chi connectivity index (χ0n) is 13.0.